The molecule has 4 heterocycles. The molecular weight excluding hydrogens is 306 g/mol. The van der Waals surface area contributed by atoms with Gasteiger partial charge in [0, 0.05) is 51.8 Å². The molecule has 8 heteroatoms. The highest BCUT2D eigenvalue weighted by atomic mass is 16.2. The van der Waals surface area contributed by atoms with Crippen LogP contribution in [0.15, 0.2) is 24.8 Å². The second-order valence-electron chi connectivity index (χ2n) is 6.48. The molecule has 4 rings (SSSR count). The minimum absolute atomic E-state index is 0.0376. The van der Waals surface area contributed by atoms with E-state index in [1.54, 1.807) is 16.0 Å². The van der Waals surface area contributed by atoms with Crippen LogP contribution < -0.4 is 9.80 Å². The number of rotatable bonds is 3. The van der Waals surface area contributed by atoms with Crippen LogP contribution in [0.3, 0.4) is 0 Å². The van der Waals surface area contributed by atoms with Gasteiger partial charge in [0.25, 0.3) is 0 Å². The third-order valence-electron chi connectivity index (χ3n) is 4.70. The maximum atomic E-state index is 12.1. The molecule has 0 spiro atoms. The number of hydrogen-bond acceptors (Lipinski definition) is 5. The molecule has 126 valence electrons. The maximum absolute atomic E-state index is 12.1. The van der Waals surface area contributed by atoms with Crippen molar-refractivity contribution in [1.29, 1.82) is 0 Å². The second-order valence-corrected chi connectivity index (χ2v) is 6.48. The Labute approximate surface area is 140 Å². The quantitative estimate of drug-likeness (QED) is 0.850. The molecule has 2 aromatic rings. The Bertz CT molecular complexity index is 741. The van der Waals surface area contributed by atoms with Gasteiger partial charge in [0.2, 0.25) is 5.95 Å². The van der Waals surface area contributed by atoms with Gasteiger partial charge in [0.15, 0.2) is 0 Å². The molecule has 8 nitrogen and oxygen atoms in total. The Morgan fingerprint density at radius 1 is 1.12 bits per heavy atom. The van der Waals surface area contributed by atoms with E-state index < -0.39 is 0 Å². The standard InChI is InChI=1S/C16H21N7O/c1-12-7-17-15(18-8-12)21-4-3-13(10-21)23-11-14(9-19-23)22-6-5-20(2)16(22)24/h7-9,11,13H,3-6,10H2,1-2H3. The summed E-state index contributed by atoms with van der Waals surface area (Å²) in [6.07, 6.45) is 8.43. The lowest BCUT2D eigenvalue weighted by molar-refractivity contribution is 0.229. The summed E-state index contributed by atoms with van der Waals surface area (Å²) in [6.45, 7) is 5.20. The van der Waals surface area contributed by atoms with E-state index in [0.717, 1.165) is 49.8 Å². The number of hydrogen-bond donors (Lipinski definition) is 0. The highest BCUT2D eigenvalue weighted by Gasteiger charge is 2.30. The topological polar surface area (TPSA) is 70.4 Å². The van der Waals surface area contributed by atoms with Crippen molar-refractivity contribution in [3.05, 3.63) is 30.4 Å². The molecule has 2 amide bonds. The lowest BCUT2D eigenvalue weighted by Gasteiger charge is -2.16. The van der Waals surface area contributed by atoms with Crippen LogP contribution in [0.25, 0.3) is 0 Å². The van der Waals surface area contributed by atoms with E-state index in [-0.39, 0.29) is 12.1 Å². The average Bonchev–Trinajstić information content (AvgIpc) is 3.29. The molecule has 2 fully saturated rings. The molecule has 0 N–H and O–H groups in total. The van der Waals surface area contributed by atoms with Crippen LogP contribution in [0.1, 0.15) is 18.0 Å². The van der Waals surface area contributed by atoms with Crippen molar-refractivity contribution in [2.75, 3.05) is 43.0 Å². The summed E-state index contributed by atoms with van der Waals surface area (Å²) in [5.74, 6) is 0.770. The Morgan fingerprint density at radius 2 is 1.92 bits per heavy atom. The zero-order valence-electron chi connectivity index (χ0n) is 14.0. The molecule has 1 unspecified atom stereocenters. The van der Waals surface area contributed by atoms with E-state index in [2.05, 4.69) is 20.0 Å². The Hall–Kier alpha value is -2.64. The molecule has 0 saturated carbocycles. The van der Waals surface area contributed by atoms with Crippen LogP contribution in [0.2, 0.25) is 0 Å². The third-order valence-corrected chi connectivity index (χ3v) is 4.70. The second kappa shape index (κ2) is 5.77. The monoisotopic (exact) mass is 327 g/mol. The van der Waals surface area contributed by atoms with Crippen molar-refractivity contribution in [2.45, 2.75) is 19.4 Å². The van der Waals surface area contributed by atoms with Gasteiger partial charge in [0.05, 0.1) is 17.9 Å². The normalized spacial score (nSPS) is 21.2. The van der Waals surface area contributed by atoms with Gasteiger partial charge in [-0.1, -0.05) is 0 Å². The average molecular weight is 327 g/mol. The van der Waals surface area contributed by atoms with Gasteiger partial charge < -0.3 is 9.80 Å². The molecule has 2 aliphatic rings. The number of carbonyl (C=O) groups excluding carboxylic acids is 1. The third kappa shape index (κ3) is 2.57. The van der Waals surface area contributed by atoms with Gasteiger partial charge in [-0.2, -0.15) is 5.10 Å². The summed E-state index contributed by atoms with van der Waals surface area (Å²) in [7, 11) is 1.82. The van der Waals surface area contributed by atoms with E-state index in [9.17, 15) is 4.79 Å². The van der Waals surface area contributed by atoms with Crippen LogP contribution >= 0.6 is 0 Å². The number of aromatic nitrogens is 4. The molecule has 2 saturated heterocycles. The maximum Gasteiger partial charge on any atom is 0.324 e. The highest BCUT2D eigenvalue weighted by Crippen LogP contribution is 2.26. The number of carbonyl (C=O) groups is 1. The summed E-state index contributed by atoms with van der Waals surface area (Å²) >= 11 is 0. The number of anilines is 2. The Morgan fingerprint density at radius 3 is 2.62 bits per heavy atom. The van der Waals surface area contributed by atoms with Crippen molar-refractivity contribution in [3.63, 3.8) is 0 Å². The predicted molar refractivity (Wildman–Crippen MR) is 90.2 cm³/mol. The number of amides is 2. The Kier molecular flexibility index (Phi) is 3.59. The number of nitrogens with zero attached hydrogens (tertiary/aromatic N) is 7. The van der Waals surface area contributed by atoms with Crippen LogP contribution in [-0.4, -0.2) is 63.9 Å². The van der Waals surface area contributed by atoms with Gasteiger partial charge in [-0.15, -0.1) is 0 Å². The molecular formula is C16H21N7O. The summed E-state index contributed by atoms with van der Waals surface area (Å²) in [6, 6.07) is 0.315. The van der Waals surface area contributed by atoms with Crippen LogP contribution in [0, 0.1) is 6.92 Å². The molecule has 24 heavy (non-hydrogen) atoms. The first kappa shape index (κ1) is 14.9. The molecule has 2 aliphatic heterocycles. The number of urea groups is 1. The molecule has 0 bridgehead atoms. The van der Waals surface area contributed by atoms with Crippen molar-refractivity contribution in [2.24, 2.45) is 0 Å². The van der Waals surface area contributed by atoms with Crippen molar-refractivity contribution in [3.8, 4) is 0 Å². The fourth-order valence-corrected chi connectivity index (χ4v) is 3.24. The summed E-state index contributed by atoms with van der Waals surface area (Å²) in [4.78, 5) is 26.6. The van der Waals surface area contributed by atoms with Gasteiger partial charge in [0.1, 0.15) is 0 Å². The van der Waals surface area contributed by atoms with Gasteiger partial charge in [-0.25, -0.2) is 14.8 Å². The first-order valence-electron chi connectivity index (χ1n) is 8.22. The molecule has 1 atom stereocenters. The highest BCUT2D eigenvalue weighted by molar-refractivity contribution is 5.93. The summed E-state index contributed by atoms with van der Waals surface area (Å²) in [5, 5.41) is 4.48. The van der Waals surface area contributed by atoms with Gasteiger partial charge >= 0.3 is 6.03 Å². The van der Waals surface area contributed by atoms with E-state index in [1.165, 1.54) is 0 Å². The van der Waals surface area contributed by atoms with Gasteiger partial charge in [-0.05, 0) is 18.9 Å². The molecule has 0 radical (unpaired) electrons. The van der Waals surface area contributed by atoms with E-state index in [0.29, 0.717) is 0 Å². The largest absolute Gasteiger partial charge is 0.339 e. The van der Waals surface area contributed by atoms with E-state index >= 15 is 0 Å². The first-order chi connectivity index (χ1) is 11.6. The van der Waals surface area contributed by atoms with Crippen LogP contribution in [0.5, 0.6) is 0 Å². The SMILES string of the molecule is Cc1cnc(N2CCC(n3cc(N4CCN(C)C4=O)cn3)C2)nc1. The lowest BCUT2D eigenvalue weighted by Crippen LogP contribution is -2.28. The van der Waals surface area contributed by atoms with E-state index in [4.69, 9.17) is 0 Å². The van der Waals surface area contributed by atoms with Crippen molar-refractivity contribution >= 4 is 17.7 Å². The predicted octanol–water partition coefficient (Wildman–Crippen LogP) is 1.30. The zero-order chi connectivity index (χ0) is 16.7. The van der Waals surface area contributed by atoms with Crippen molar-refractivity contribution in [1.82, 2.24) is 24.6 Å². The van der Waals surface area contributed by atoms with E-state index in [1.807, 2.05) is 37.2 Å². The first-order valence-corrected chi connectivity index (χ1v) is 8.22. The summed E-state index contributed by atoms with van der Waals surface area (Å²) in [5.41, 5.74) is 1.93. The molecule has 0 aliphatic carbocycles. The number of aryl methyl sites for hydroxylation is 1. The fourth-order valence-electron chi connectivity index (χ4n) is 3.24. The summed E-state index contributed by atoms with van der Waals surface area (Å²) < 4.78 is 1.97. The van der Waals surface area contributed by atoms with Crippen molar-refractivity contribution < 1.29 is 4.79 Å². The minimum atomic E-state index is 0.0376. The lowest BCUT2D eigenvalue weighted by atomic mass is 10.3. The van der Waals surface area contributed by atoms with Crippen LogP contribution in [-0.2, 0) is 0 Å². The molecule has 0 aromatic carbocycles. The van der Waals surface area contributed by atoms with Gasteiger partial charge in [-0.3, -0.25) is 9.58 Å². The van der Waals surface area contributed by atoms with Crippen LogP contribution in [0.4, 0.5) is 16.4 Å². The molecule has 2 aromatic heterocycles. The minimum Gasteiger partial charge on any atom is -0.339 e. The number of likely N-dealkylation sites (N-methyl/N-ethyl adjacent to an activating group) is 1. The Balaban J connectivity index is 1.46. The smallest absolute Gasteiger partial charge is 0.324 e. The fraction of sp³-hybridized carbons (Fsp3) is 0.500. The zero-order valence-corrected chi connectivity index (χ0v) is 14.0.